The number of nitrogens with zero attached hydrogens (tertiary/aromatic N) is 4. The summed E-state index contributed by atoms with van der Waals surface area (Å²) in [5, 5.41) is 11.3. The van der Waals surface area contributed by atoms with Crippen LogP contribution in [0.5, 0.6) is 0 Å². The van der Waals surface area contributed by atoms with E-state index in [-0.39, 0.29) is 36.6 Å². The highest BCUT2D eigenvalue weighted by Crippen LogP contribution is 2.38. The van der Waals surface area contributed by atoms with Crippen LogP contribution in [-0.4, -0.2) is 45.4 Å². The molecular weight excluding hydrogens is 535 g/mol. The van der Waals surface area contributed by atoms with Crippen LogP contribution in [0, 0.1) is 11.7 Å². The Kier molecular flexibility index (Phi) is 7.22. The molecule has 3 heterocycles. The van der Waals surface area contributed by atoms with Crippen molar-refractivity contribution in [3.63, 3.8) is 0 Å². The molecule has 9 nitrogen and oxygen atoms in total. The highest BCUT2D eigenvalue weighted by molar-refractivity contribution is 6.31. The number of aromatic nitrogens is 2. The van der Waals surface area contributed by atoms with Gasteiger partial charge in [-0.3, -0.25) is 9.48 Å². The molecule has 1 fully saturated rings. The average molecular weight is 567 g/mol. The number of hydrogen-bond acceptors (Lipinski definition) is 6. The third-order valence-corrected chi connectivity index (χ3v) is 7.16. The molecule has 1 saturated heterocycles. The van der Waals surface area contributed by atoms with Gasteiger partial charge in [0.05, 0.1) is 24.1 Å². The first-order chi connectivity index (χ1) is 18.9. The minimum Gasteiger partial charge on any atom is -0.444 e. The molecule has 11 heteroatoms. The molecule has 2 aliphatic heterocycles. The van der Waals surface area contributed by atoms with Crippen LogP contribution < -0.4 is 15.5 Å². The Bertz CT molecular complexity index is 1490. The second-order valence-corrected chi connectivity index (χ2v) is 11.5. The van der Waals surface area contributed by atoms with Gasteiger partial charge < -0.3 is 25.2 Å². The van der Waals surface area contributed by atoms with Crippen LogP contribution in [0.2, 0.25) is 5.02 Å². The summed E-state index contributed by atoms with van der Waals surface area (Å²) in [4.78, 5) is 29.0. The van der Waals surface area contributed by atoms with Gasteiger partial charge in [0.25, 0.3) is 5.91 Å². The number of carbonyl (C=O) groups excluding carboxylic acids is 2. The lowest BCUT2D eigenvalue weighted by Gasteiger charge is -2.40. The number of likely N-dealkylation sites (tertiary alicyclic amines) is 1. The van der Waals surface area contributed by atoms with E-state index in [4.69, 9.17) is 16.3 Å². The van der Waals surface area contributed by atoms with Crippen LogP contribution in [-0.2, 0) is 24.9 Å². The second kappa shape index (κ2) is 10.5. The van der Waals surface area contributed by atoms with Gasteiger partial charge in [-0.15, -0.1) is 0 Å². The van der Waals surface area contributed by atoms with Crippen molar-refractivity contribution in [1.29, 1.82) is 0 Å². The normalized spacial score (nSPS) is 14.8. The molecule has 0 spiro atoms. The summed E-state index contributed by atoms with van der Waals surface area (Å²) in [6.45, 7) is 11.0. The van der Waals surface area contributed by atoms with Gasteiger partial charge in [0.2, 0.25) is 0 Å². The van der Waals surface area contributed by atoms with Gasteiger partial charge in [0.1, 0.15) is 17.2 Å². The first-order valence-corrected chi connectivity index (χ1v) is 13.4. The average Bonchev–Trinajstić information content (AvgIpc) is 3.09. The van der Waals surface area contributed by atoms with Crippen molar-refractivity contribution in [2.45, 2.75) is 39.5 Å². The third-order valence-electron chi connectivity index (χ3n) is 6.92. The smallest absolute Gasteiger partial charge is 0.410 e. The molecule has 0 unspecified atom stereocenters. The van der Waals surface area contributed by atoms with E-state index in [1.807, 2.05) is 27.8 Å². The number of aryl methyl sites for hydroxylation is 1. The van der Waals surface area contributed by atoms with Crippen LogP contribution in [0.3, 0.4) is 0 Å². The van der Waals surface area contributed by atoms with Gasteiger partial charge in [-0.2, -0.15) is 5.10 Å². The molecule has 0 atom stereocenters. The predicted molar refractivity (Wildman–Crippen MR) is 152 cm³/mol. The fourth-order valence-electron chi connectivity index (χ4n) is 4.68. The zero-order valence-corrected chi connectivity index (χ0v) is 23.7. The molecule has 40 heavy (non-hydrogen) atoms. The zero-order valence-electron chi connectivity index (χ0n) is 22.9. The quantitative estimate of drug-likeness (QED) is 0.418. The first kappa shape index (κ1) is 27.5. The lowest BCUT2D eigenvalue weighted by molar-refractivity contribution is 0.00302. The SMILES string of the molecule is C=C(NCc1ccc(C(=O)N2Cc3cnn(C)c3Nc3cc(Cl)ccc32)cc1F)C1CN(C(=O)OC(C)(C)C)C1. The Morgan fingerprint density at radius 1 is 1.23 bits per heavy atom. The Morgan fingerprint density at radius 2 is 1.98 bits per heavy atom. The minimum atomic E-state index is -0.550. The monoisotopic (exact) mass is 566 g/mol. The summed E-state index contributed by atoms with van der Waals surface area (Å²) in [5.74, 6) is -0.0329. The number of nitrogens with one attached hydrogen (secondary N) is 2. The molecule has 0 bridgehead atoms. The molecule has 2 amide bonds. The van der Waals surface area contributed by atoms with E-state index in [0.717, 1.165) is 17.1 Å². The van der Waals surface area contributed by atoms with Gasteiger partial charge in [-0.1, -0.05) is 24.2 Å². The van der Waals surface area contributed by atoms with Crippen molar-refractivity contribution in [2.24, 2.45) is 13.0 Å². The number of rotatable bonds is 5. The number of ether oxygens (including phenoxy) is 1. The van der Waals surface area contributed by atoms with E-state index in [2.05, 4.69) is 22.3 Å². The van der Waals surface area contributed by atoms with Crippen LogP contribution in [0.4, 0.5) is 26.4 Å². The molecule has 210 valence electrons. The topological polar surface area (TPSA) is 91.7 Å². The number of benzene rings is 2. The summed E-state index contributed by atoms with van der Waals surface area (Å²) in [6.07, 6.45) is 1.35. The van der Waals surface area contributed by atoms with E-state index in [1.54, 1.807) is 51.0 Å². The standard InChI is InChI=1S/C29H32ClFN6O3/c1-17(21-14-36(15-21)28(39)40-29(2,3)4)32-12-19-7-6-18(10-23(19)31)27(38)37-16-20-13-33-35(5)26(20)34-24-11-22(30)8-9-25(24)37/h6-11,13,21,32,34H,1,12,14-16H2,2-5H3. The van der Waals surface area contributed by atoms with Crippen molar-refractivity contribution in [2.75, 3.05) is 23.3 Å². The molecule has 1 aromatic heterocycles. The Labute approximate surface area is 237 Å². The molecule has 0 radical (unpaired) electrons. The molecule has 2 aromatic carbocycles. The van der Waals surface area contributed by atoms with Crippen molar-refractivity contribution in [1.82, 2.24) is 20.0 Å². The van der Waals surface area contributed by atoms with Crippen LogP contribution in [0.25, 0.3) is 0 Å². The lowest BCUT2D eigenvalue weighted by atomic mass is 9.97. The number of anilines is 3. The summed E-state index contributed by atoms with van der Waals surface area (Å²) in [5.41, 5.74) is 2.91. The van der Waals surface area contributed by atoms with Gasteiger partial charge in [0.15, 0.2) is 0 Å². The predicted octanol–water partition coefficient (Wildman–Crippen LogP) is 5.59. The zero-order chi connectivity index (χ0) is 28.8. The maximum Gasteiger partial charge on any atom is 0.410 e. The first-order valence-electron chi connectivity index (χ1n) is 13.0. The molecule has 3 aromatic rings. The van der Waals surface area contributed by atoms with Crippen LogP contribution >= 0.6 is 11.6 Å². The van der Waals surface area contributed by atoms with Crippen molar-refractivity contribution < 1.29 is 18.7 Å². The highest BCUT2D eigenvalue weighted by atomic mass is 35.5. The van der Waals surface area contributed by atoms with Crippen molar-refractivity contribution in [3.8, 4) is 0 Å². The molecule has 5 rings (SSSR count). The molecule has 2 N–H and O–H groups in total. The fourth-order valence-corrected chi connectivity index (χ4v) is 4.85. The second-order valence-electron chi connectivity index (χ2n) is 11.1. The maximum absolute atomic E-state index is 15.2. The van der Waals surface area contributed by atoms with Gasteiger partial charge in [-0.25, -0.2) is 9.18 Å². The Hall–Kier alpha value is -4.05. The molecule has 0 saturated carbocycles. The molecular formula is C29H32ClFN6O3. The summed E-state index contributed by atoms with van der Waals surface area (Å²) in [7, 11) is 1.81. The Balaban J connectivity index is 1.25. The summed E-state index contributed by atoms with van der Waals surface area (Å²) >= 11 is 6.23. The van der Waals surface area contributed by atoms with Crippen LogP contribution in [0.15, 0.2) is 54.9 Å². The van der Waals surface area contributed by atoms with E-state index >= 15 is 4.39 Å². The van der Waals surface area contributed by atoms with E-state index in [1.165, 1.54) is 6.07 Å². The number of hydrogen-bond donors (Lipinski definition) is 2. The fraction of sp³-hybridized carbons (Fsp3) is 0.345. The van der Waals surface area contributed by atoms with Crippen molar-refractivity contribution in [3.05, 3.63) is 82.4 Å². The number of fused-ring (bicyclic) bond motifs is 2. The van der Waals surface area contributed by atoms with Gasteiger partial charge in [0, 0.05) is 60.0 Å². The summed E-state index contributed by atoms with van der Waals surface area (Å²) in [6, 6.07) is 9.71. The summed E-state index contributed by atoms with van der Waals surface area (Å²) < 4.78 is 22.2. The highest BCUT2D eigenvalue weighted by Gasteiger charge is 2.35. The van der Waals surface area contributed by atoms with E-state index < -0.39 is 11.4 Å². The number of carbonyl (C=O) groups is 2. The largest absolute Gasteiger partial charge is 0.444 e. The maximum atomic E-state index is 15.2. The van der Waals surface area contributed by atoms with Gasteiger partial charge in [-0.05, 0) is 51.1 Å². The minimum absolute atomic E-state index is 0.0546. The van der Waals surface area contributed by atoms with E-state index in [0.29, 0.717) is 35.1 Å². The van der Waals surface area contributed by atoms with E-state index in [9.17, 15) is 9.59 Å². The molecule has 2 aliphatic rings. The number of amides is 2. The lowest BCUT2D eigenvalue weighted by Crippen LogP contribution is -2.53. The number of halogens is 2. The third kappa shape index (κ3) is 5.62. The molecule has 0 aliphatic carbocycles. The Morgan fingerprint density at radius 3 is 2.67 bits per heavy atom. The van der Waals surface area contributed by atoms with Crippen LogP contribution in [0.1, 0.15) is 42.3 Å². The van der Waals surface area contributed by atoms with Gasteiger partial charge >= 0.3 is 6.09 Å². The van der Waals surface area contributed by atoms with Crippen molar-refractivity contribution >= 4 is 40.8 Å².